The molecule has 0 radical (unpaired) electrons. The summed E-state index contributed by atoms with van der Waals surface area (Å²) >= 11 is 6.31. The maximum atomic E-state index is 11.9. The predicted octanol–water partition coefficient (Wildman–Crippen LogP) is 3.04. The summed E-state index contributed by atoms with van der Waals surface area (Å²) in [6.45, 7) is 0.668. The molecule has 2 aromatic heterocycles. The number of thiophene rings is 2. The lowest BCUT2D eigenvalue weighted by atomic mass is 10.2. The van der Waals surface area contributed by atoms with E-state index in [-0.39, 0.29) is 11.6 Å². The van der Waals surface area contributed by atoms with E-state index in [1.54, 1.807) is 18.4 Å². The first-order valence-electron chi connectivity index (χ1n) is 6.09. The number of carbonyl (C=O) groups is 1. The van der Waals surface area contributed by atoms with Crippen LogP contribution >= 0.6 is 38.6 Å². The third kappa shape index (κ3) is 3.56. The van der Waals surface area contributed by atoms with Crippen molar-refractivity contribution in [2.45, 2.75) is 6.42 Å². The summed E-state index contributed by atoms with van der Waals surface area (Å²) in [6, 6.07) is 6.08. The van der Waals surface area contributed by atoms with Crippen LogP contribution in [0.5, 0.6) is 0 Å². The van der Waals surface area contributed by atoms with Gasteiger partial charge in [-0.2, -0.15) is 5.26 Å². The van der Waals surface area contributed by atoms with Crippen LogP contribution in [0.3, 0.4) is 0 Å². The largest absolute Gasteiger partial charge is 0.396 e. The zero-order valence-corrected chi connectivity index (χ0v) is 14.4. The molecule has 0 aliphatic heterocycles. The van der Waals surface area contributed by atoms with Gasteiger partial charge in [0.05, 0.1) is 15.0 Å². The third-order valence-electron chi connectivity index (χ3n) is 2.79. The molecule has 110 valence electrons. The lowest BCUT2D eigenvalue weighted by molar-refractivity contribution is 0.0965. The van der Waals surface area contributed by atoms with Gasteiger partial charge in [0.1, 0.15) is 15.9 Å². The first-order chi connectivity index (χ1) is 10.1. The molecule has 0 bridgehead atoms. The van der Waals surface area contributed by atoms with Gasteiger partial charge in [-0.05, 0) is 34.5 Å². The number of rotatable bonds is 5. The summed E-state index contributed by atoms with van der Waals surface area (Å²) in [6.07, 6.45) is 0.836. The minimum atomic E-state index is -0.286. The van der Waals surface area contributed by atoms with Crippen molar-refractivity contribution in [3.8, 4) is 6.07 Å². The molecule has 0 atom stereocenters. The Morgan fingerprint density at radius 1 is 1.48 bits per heavy atom. The summed E-state index contributed by atoms with van der Waals surface area (Å²) in [5.74, 6) is -0.286. The van der Waals surface area contributed by atoms with Crippen molar-refractivity contribution in [1.29, 1.82) is 5.26 Å². The first-order valence-corrected chi connectivity index (χ1v) is 8.52. The van der Waals surface area contributed by atoms with E-state index in [1.807, 2.05) is 12.1 Å². The van der Waals surface area contributed by atoms with E-state index in [1.165, 1.54) is 16.2 Å². The Morgan fingerprint density at radius 3 is 2.81 bits per heavy atom. The monoisotopic (exact) mass is 384 g/mol. The Labute approximate surface area is 138 Å². The zero-order chi connectivity index (χ0) is 15.4. The second-order valence-corrected chi connectivity index (χ2v) is 7.69. The maximum Gasteiger partial charge on any atom is 0.256 e. The Hall–Kier alpha value is -1.56. The molecule has 2 rings (SSSR count). The van der Waals surface area contributed by atoms with E-state index in [4.69, 9.17) is 11.0 Å². The number of nitrogen functional groups attached to an aromatic ring is 1. The van der Waals surface area contributed by atoms with Gasteiger partial charge in [0, 0.05) is 18.5 Å². The van der Waals surface area contributed by atoms with Gasteiger partial charge in [-0.1, -0.05) is 0 Å². The number of nitrogens with one attached hydrogen (secondary N) is 2. The highest BCUT2D eigenvalue weighted by atomic mass is 79.9. The average molecular weight is 385 g/mol. The topological polar surface area (TPSA) is 90.9 Å². The molecule has 0 saturated heterocycles. The highest BCUT2D eigenvalue weighted by Crippen LogP contribution is 2.35. The van der Waals surface area contributed by atoms with E-state index in [0.717, 1.165) is 10.2 Å². The number of hydrogen-bond donors (Lipinski definition) is 3. The molecule has 2 heterocycles. The number of nitrogens with two attached hydrogens (primary N) is 1. The van der Waals surface area contributed by atoms with Crippen molar-refractivity contribution in [2.24, 2.45) is 0 Å². The Bertz CT molecular complexity index is 702. The summed E-state index contributed by atoms with van der Waals surface area (Å²) in [4.78, 5) is 13.5. The van der Waals surface area contributed by atoms with E-state index >= 15 is 0 Å². The highest BCUT2D eigenvalue weighted by molar-refractivity contribution is 9.11. The van der Waals surface area contributed by atoms with Gasteiger partial charge >= 0.3 is 0 Å². The van der Waals surface area contributed by atoms with Crippen LogP contribution in [0.2, 0.25) is 0 Å². The molecule has 0 fully saturated rings. The van der Waals surface area contributed by atoms with Crippen LogP contribution in [0.25, 0.3) is 0 Å². The van der Waals surface area contributed by atoms with Crippen molar-refractivity contribution in [1.82, 2.24) is 5.32 Å². The average Bonchev–Trinajstić information content (AvgIpc) is 3.02. The van der Waals surface area contributed by atoms with Crippen LogP contribution in [0.4, 0.5) is 10.7 Å². The van der Waals surface area contributed by atoms with Gasteiger partial charge < -0.3 is 16.4 Å². The van der Waals surface area contributed by atoms with Crippen molar-refractivity contribution in [2.75, 3.05) is 24.6 Å². The summed E-state index contributed by atoms with van der Waals surface area (Å²) in [7, 11) is 1.54. The summed E-state index contributed by atoms with van der Waals surface area (Å²) < 4.78 is 1.09. The molecule has 0 spiro atoms. The lowest BCUT2D eigenvalue weighted by Gasteiger charge is -2.06. The number of nitrogens with zero attached hydrogens (tertiary/aromatic N) is 1. The van der Waals surface area contributed by atoms with Crippen LogP contribution in [-0.4, -0.2) is 19.5 Å². The highest BCUT2D eigenvalue weighted by Gasteiger charge is 2.21. The van der Waals surface area contributed by atoms with Crippen LogP contribution in [0, 0.1) is 11.3 Å². The third-order valence-corrected chi connectivity index (χ3v) is 5.54. The number of anilines is 2. The molecule has 0 aliphatic rings. The van der Waals surface area contributed by atoms with Crippen LogP contribution in [0.1, 0.15) is 20.1 Å². The minimum absolute atomic E-state index is 0.239. The molecule has 5 nitrogen and oxygen atoms in total. The zero-order valence-electron chi connectivity index (χ0n) is 11.2. The molecule has 8 heteroatoms. The normalized spacial score (nSPS) is 10.1. The fraction of sp³-hybridized carbons (Fsp3) is 0.231. The molecule has 0 unspecified atom stereocenters. The van der Waals surface area contributed by atoms with E-state index in [9.17, 15) is 4.79 Å². The number of carbonyl (C=O) groups excluding carboxylic acids is 1. The van der Waals surface area contributed by atoms with E-state index in [2.05, 4.69) is 32.6 Å². The quantitative estimate of drug-likeness (QED) is 0.738. The SMILES string of the molecule is CNC(=O)c1c(NCCc2ccc(Br)s2)sc(C#N)c1N. The minimum Gasteiger partial charge on any atom is -0.396 e. The second kappa shape index (κ2) is 6.93. The van der Waals surface area contributed by atoms with Crippen molar-refractivity contribution in [3.63, 3.8) is 0 Å². The van der Waals surface area contributed by atoms with Gasteiger partial charge in [0.15, 0.2) is 0 Å². The van der Waals surface area contributed by atoms with Gasteiger partial charge in [0.2, 0.25) is 0 Å². The van der Waals surface area contributed by atoms with Crippen molar-refractivity contribution < 1.29 is 4.79 Å². The van der Waals surface area contributed by atoms with Crippen molar-refractivity contribution in [3.05, 3.63) is 31.2 Å². The number of hydrogen-bond acceptors (Lipinski definition) is 6. The van der Waals surface area contributed by atoms with Gasteiger partial charge in [0.25, 0.3) is 5.91 Å². The Kier molecular flexibility index (Phi) is 5.22. The Balaban J connectivity index is 2.12. The van der Waals surface area contributed by atoms with Crippen LogP contribution < -0.4 is 16.4 Å². The molecular weight excluding hydrogens is 372 g/mol. The molecule has 1 amide bonds. The van der Waals surface area contributed by atoms with E-state index < -0.39 is 0 Å². The first kappa shape index (κ1) is 15.8. The Morgan fingerprint density at radius 2 is 2.24 bits per heavy atom. The summed E-state index contributed by atoms with van der Waals surface area (Å²) in [5, 5.41) is 15.4. The summed E-state index contributed by atoms with van der Waals surface area (Å²) in [5.41, 5.74) is 6.45. The smallest absolute Gasteiger partial charge is 0.256 e. The number of halogens is 1. The molecule has 21 heavy (non-hydrogen) atoms. The van der Waals surface area contributed by atoms with Gasteiger partial charge in [-0.3, -0.25) is 4.79 Å². The molecule has 4 N–H and O–H groups in total. The molecule has 2 aromatic rings. The van der Waals surface area contributed by atoms with Crippen LogP contribution in [-0.2, 0) is 6.42 Å². The fourth-order valence-electron chi connectivity index (χ4n) is 1.79. The van der Waals surface area contributed by atoms with Gasteiger partial charge in [-0.25, -0.2) is 0 Å². The molecular formula is C13H13BrN4OS2. The van der Waals surface area contributed by atoms with Crippen LogP contribution in [0.15, 0.2) is 15.9 Å². The molecule has 0 aliphatic carbocycles. The predicted molar refractivity (Wildman–Crippen MR) is 91.0 cm³/mol. The standard InChI is InChI=1S/C13H13BrN4OS2/c1-17-12(19)10-11(16)8(6-15)21-13(10)18-5-4-7-2-3-9(14)20-7/h2-3,18H,4-5,16H2,1H3,(H,17,19). The maximum absolute atomic E-state index is 11.9. The van der Waals surface area contributed by atoms with Gasteiger partial charge in [-0.15, -0.1) is 22.7 Å². The lowest BCUT2D eigenvalue weighted by Crippen LogP contribution is -2.20. The second-order valence-electron chi connectivity index (χ2n) is 4.12. The molecule has 0 saturated carbocycles. The molecule has 0 aromatic carbocycles. The van der Waals surface area contributed by atoms with E-state index in [0.29, 0.717) is 22.0 Å². The fourth-order valence-corrected chi connectivity index (χ4v) is 4.21. The van der Waals surface area contributed by atoms with Crippen molar-refractivity contribution >= 4 is 55.2 Å². The number of amides is 1. The number of nitriles is 1.